The van der Waals surface area contributed by atoms with Crippen molar-refractivity contribution in [2.75, 3.05) is 20.7 Å². The van der Waals surface area contributed by atoms with Gasteiger partial charge in [-0.25, -0.2) is 4.79 Å². The van der Waals surface area contributed by atoms with Crippen LogP contribution in [-0.2, 0) is 16.1 Å². The minimum Gasteiger partial charge on any atom is -0.462 e. The van der Waals surface area contributed by atoms with E-state index < -0.39 is 0 Å². The number of benzene rings is 1. The molecule has 1 aromatic carbocycles. The van der Waals surface area contributed by atoms with E-state index in [1.54, 1.807) is 0 Å². The molecule has 0 fully saturated rings. The van der Waals surface area contributed by atoms with Gasteiger partial charge in [-0.2, -0.15) is 0 Å². The number of rotatable bonds is 14. The molecule has 0 saturated carbocycles. The van der Waals surface area contributed by atoms with Crippen molar-refractivity contribution in [2.45, 2.75) is 84.2 Å². The van der Waals surface area contributed by atoms with Crippen molar-refractivity contribution in [3.63, 3.8) is 0 Å². The van der Waals surface area contributed by atoms with E-state index in [-0.39, 0.29) is 12.0 Å². The highest BCUT2D eigenvalue weighted by atomic mass is 35.5. The van der Waals surface area contributed by atoms with Crippen LogP contribution >= 0.6 is 23.2 Å². The number of nitrogens with zero attached hydrogens (tertiary/aromatic N) is 1. The summed E-state index contributed by atoms with van der Waals surface area (Å²) in [5, 5.41) is 1.10. The molecular weight excluding hydrogens is 393 g/mol. The second-order valence-electron chi connectivity index (χ2n) is 8.22. The van der Waals surface area contributed by atoms with E-state index in [1.807, 2.05) is 25.1 Å². The monoisotopic (exact) mass is 430 g/mol. The summed E-state index contributed by atoms with van der Waals surface area (Å²) >= 11 is 12.2. The van der Waals surface area contributed by atoms with Crippen LogP contribution in [0.2, 0.25) is 10.0 Å². The van der Waals surface area contributed by atoms with E-state index in [0.29, 0.717) is 27.7 Å². The summed E-state index contributed by atoms with van der Waals surface area (Å²) in [6.45, 7) is 5.23. The Hall–Kier alpha value is -0.770. The molecule has 0 aromatic heterocycles. The zero-order chi connectivity index (χ0) is 21.0. The minimum absolute atomic E-state index is 0.101. The summed E-state index contributed by atoms with van der Waals surface area (Å²) in [6.07, 6.45) is 10.9. The number of halogens is 2. The summed E-state index contributed by atoms with van der Waals surface area (Å²) in [6, 6.07) is 5.52. The predicted molar refractivity (Wildman–Crippen MR) is 120 cm³/mol. The third-order valence-corrected chi connectivity index (χ3v) is 6.05. The van der Waals surface area contributed by atoms with Crippen LogP contribution in [0.1, 0.15) is 77.2 Å². The number of unbranched alkanes of at least 4 members (excludes halogenated alkanes) is 7. The molecule has 0 N–H and O–H groups in total. The van der Waals surface area contributed by atoms with Gasteiger partial charge < -0.3 is 9.22 Å². The summed E-state index contributed by atoms with van der Waals surface area (Å²) in [5.74, 6) is -0.101. The number of esters is 1. The highest BCUT2D eigenvalue weighted by Gasteiger charge is 2.35. The molecule has 0 unspecified atom stereocenters. The van der Waals surface area contributed by atoms with Crippen LogP contribution in [-0.4, -0.2) is 37.2 Å². The van der Waals surface area contributed by atoms with Gasteiger partial charge in [0.1, 0.15) is 6.54 Å². The van der Waals surface area contributed by atoms with Crippen LogP contribution in [0.5, 0.6) is 0 Å². The molecule has 3 nitrogen and oxygen atoms in total. The maximum atomic E-state index is 12.7. The molecule has 0 radical (unpaired) electrons. The summed E-state index contributed by atoms with van der Waals surface area (Å²) in [7, 11) is 4.18. The van der Waals surface area contributed by atoms with E-state index in [4.69, 9.17) is 27.9 Å². The molecule has 160 valence electrons. The number of hydrogen-bond donors (Lipinski definition) is 0. The molecule has 0 aliphatic carbocycles. The quantitative estimate of drug-likeness (QED) is 0.180. The van der Waals surface area contributed by atoms with Crippen LogP contribution in [0.15, 0.2) is 18.2 Å². The van der Waals surface area contributed by atoms with Gasteiger partial charge in [0.2, 0.25) is 0 Å². The SMILES string of the molecule is CCCCCCCCCC[C@@H](C(=O)OCC)[N+](C)(C)Cc1ccc(Cl)c(Cl)c1. The van der Waals surface area contributed by atoms with Crippen LogP contribution in [0.3, 0.4) is 0 Å². The van der Waals surface area contributed by atoms with E-state index in [9.17, 15) is 4.79 Å². The first-order valence-electron chi connectivity index (χ1n) is 10.7. The van der Waals surface area contributed by atoms with Gasteiger partial charge in [-0.3, -0.25) is 0 Å². The molecule has 0 aliphatic heterocycles. The Labute approximate surface area is 181 Å². The summed E-state index contributed by atoms with van der Waals surface area (Å²) in [4.78, 5) is 12.7. The Kier molecular flexibility index (Phi) is 12.1. The van der Waals surface area contributed by atoms with Gasteiger partial charge in [0.15, 0.2) is 6.04 Å². The number of quaternary nitrogens is 1. The average Bonchev–Trinajstić information content (AvgIpc) is 2.63. The zero-order valence-electron chi connectivity index (χ0n) is 18.1. The smallest absolute Gasteiger partial charge is 0.364 e. The number of likely N-dealkylation sites (N-methyl/N-ethyl adjacent to an activating group) is 1. The van der Waals surface area contributed by atoms with Gasteiger partial charge in [-0.05, 0) is 25.5 Å². The number of ether oxygens (including phenoxy) is 1. The number of carbonyl (C=O) groups excluding carboxylic acids is 1. The van der Waals surface area contributed by atoms with Gasteiger partial charge in [-0.1, -0.05) is 81.1 Å². The fraction of sp³-hybridized carbons (Fsp3) is 0.696. The number of hydrogen-bond acceptors (Lipinski definition) is 2. The highest BCUT2D eigenvalue weighted by Crippen LogP contribution is 2.26. The molecule has 0 saturated heterocycles. The predicted octanol–water partition coefficient (Wildman–Crippen LogP) is 7.03. The zero-order valence-corrected chi connectivity index (χ0v) is 19.6. The van der Waals surface area contributed by atoms with Gasteiger partial charge in [-0.15, -0.1) is 0 Å². The Morgan fingerprint density at radius 1 is 0.964 bits per heavy atom. The molecule has 0 aliphatic rings. The minimum atomic E-state index is -0.172. The van der Waals surface area contributed by atoms with Crippen molar-refractivity contribution in [1.82, 2.24) is 0 Å². The Morgan fingerprint density at radius 3 is 2.14 bits per heavy atom. The lowest BCUT2D eigenvalue weighted by Gasteiger charge is -2.36. The van der Waals surface area contributed by atoms with E-state index in [2.05, 4.69) is 21.0 Å². The lowest BCUT2D eigenvalue weighted by atomic mass is 10.0. The molecule has 1 aromatic rings. The lowest BCUT2D eigenvalue weighted by molar-refractivity contribution is -0.920. The van der Waals surface area contributed by atoms with Crippen molar-refractivity contribution in [3.05, 3.63) is 33.8 Å². The van der Waals surface area contributed by atoms with Crippen LogP contribution in [0, 0.1) is 0 Å². The van der Waals surface area contributed by atoms with Gasteiger partial charge in [0, 0.05) is 12.0 Å². The normalized spacial score (nSPS) is 12.8. The first-order chi connectivity index (χ1) is 13.3. The van der Waals surface area contributed by atoms with Crippen molar-refractivity contribution in [3.8, 4) is 0 Å². The van der Waals surface area contributed by atoms with Crippen LogP contribution in [0.25, 0.3) is 0 Å². The van der Waals surface area contributed by atoms with Gasteiger partial charge in [0.25, 0.3) is 0 Å². The largest absolute Gasteiger partial charge is 0.462 e. The number of carbonyl (C=O) groups is 1. The lowest BCUT2D eigenvalue weighted by Crippen LogP contribution is -2.52. The molecule has 0 bridgehead atoms. The highest BCUT2D eigenvalue weighted by molar-refractivity contribution is 6.42. The molecule has 0 amide bonds. The van der Waals surface area contributed by atoms with Crippen molar-refractivity contribution >= 4 is 29.2 Å². The third kappa shape index (κ3) is 9.15. The third-order valence-electron chi connectivity index (χ3n) is 5.31. The van der Waals surface area contributed by atoms with E-state index in [1.165, 1.54) is 44.9 Å². The maximum Gasteiger partial charge on any atom is 0.364 e. The fourth-order valence-electron chi connectivity index (χ4n) is 3.68. The Balaban J connectivity index is 2.63. The Bertz CT molecular complexity index is 590. The molecule has 1 atom stereocenters. The van der Waals surface area contributed by atoms with Crippen molar-refractivity contribution in [1.29, 1.82) is 0 Å². The second-order valence-corrected chi connectivity index (χ2v) is 9.03. The molecule has 28 heavy (non-hydrogen) atoms. The first-order valence-corrected chi connectivity index (χ1v) is 11.5. The molecule has 5 heteroatoms. The fourth-order valence-corrected chi connectivity index (χ4v) is 4.00. The van der Waals surface area contributed by atoms with Gasteiger partial charge >= 0.3 is 5.97 Å². The summed E-state index contributed by atoms with van der Waals surface area (Å²) < 4.78 is 5.94. The average molecular weight is 431 g/mol. The van der Waals surface area contributed by atoms with Crippen molar-refractivity contribution < 1.29 is 14.0 Å². The topological polar surface area (TPSA) is 26.3 Å². The standard InChI is InChI=1S/C23H38Cl2NO2/c1-5-7-8-9-10-11-12-13-14-22(23(27)28-6-2)26(3,4)18-19-15-16-20(24)21(25)17-19/h15-17,22H,5-14,18H2,1-4H3/q+1/t22-/m0/s1. The molecular formula is C23H38Cl2NO2+. The van der Waals surface area contributed by atoms with Gasteiger partial charge in [0.05, 0.1) is 30.7 Å². The van der Waals surface area contributed by atoms with Crippen LogP contribution < -0.4 is 0 Å². The molecule has 0 spiro atoms. The maximum absolute atomic E-state index is 12.7. The Morgan fingerprint density at radius 2 is 1.57 bits per heavy atom. The summed E-state index contributed by atoms with van der Waals surface area (Å²) in [5.41, 5.74) is 1.07. The second kappa shape index (κ2) is 13.5. The van der Waals surface area contributed by atoms with Crippen LogP contribution in [0.4, 0.5) is 0 Å². The molecule has 1 rings (SSSR count). The molecule has 0 heterocycles. The van der Waals surface area contributed by atoms with E-state index in [0.717, 1.165) is 18.4 Å². The van der Waals surface area contributed by atoms with E-state index >= 15 is 0 Å². The van der Waals surface area contributed by atoms with Crippen molar-refractivity contribution in [2.24, 2.45) is 0 Å². The first kappa shape index (κ1) is 25.3.